The fourth-order valence-electron chi connectivity index (χ4n) is 1.70. The predicted molar refractivity (Wildman–Crippen MR) is 78.3 cm³/mol. The Kier molecular flexibility index (Phi) is 3.62. The summed E-state index contributed by atoms with van der Waals surface area (Å²) in [6.45, 7) is 2.33. The van der Waals surface area contributed by atoms with Gasteiger partial charge in [0.25, 0.3) is 10.7 Å². The molecule has 20 heavy (non-hydrogen) atoms. The molecule has 0 saturated heterocycles. The van der Waals surface area contributed by atoms with Gasteiger partial charge in [0, 0.05) is 0 Å². The maximum atomic E-state index is 5.67. The first-order valence-corrected chi connectivity index (χ1v) is 7.15. The van der Waals surface area contributed by atoms with Crippen molar-refractivity contribution in [1.82, 2.24) is 15.2 Å². The van der Waals surface area contributed by atoms with Crippen LogP contribution < -0.4 is 4.74 Å². The molecule has 102 valence electrons. The molecule has 3 aromatic rings. The van der Waals surface area contributed by atoms with Crippen molar-refractivity contribution < 1.29 is 9.15 Å². The summed E-state index contributed by atoms with van der Waals surface area (Å²) in [5, 5.41) is 7.49. The summed E-state index contributed by atoms with van der Waals surface area (Å²) >= 11 is 6.36. The second kappa shape index (κ2) is 5.56. The zero-order valence-corrected chi connectivity index (χ0v) is 12.3. The largest absolute Gasteiger partial charge is 0.486 e. The Labute approximate surface area is 124 Å². The molecule has 0 bridgehead atoms. The molecule has 1 aromatic carbocycles. The summed E-state index contributed by atoms with van der Waals surface area (Å²) in [5.41, 5.74) is 0.854. The van der Waals surface area contributed by atoms with Gasteiger partial charge in [-0.25, -0.2) is 10.1 Å². The van der Waals surface area contributed by atoms with Crippen LogP contribution in [0, 0.1) is 11.8 Å². The zero-order valence-electron chi connectivity index (χ0n) is 10.6. The molecule has 0 radical (unpaired) electrons. The average Bonchev–Trinajstić information content (AvgIpc) is 3.04. The van der Waals surface area contributed by atoms with Gasteiger partial charge in [-0.3, -0.25) is 0 Å². The lowest BCUT2D eigenvalue weighted by Gasteiger charge is -2.02. The molecule has 2 aromatic heterocycles. The van der Waals surface area contributed by atoms with Crippen LogP contribution in [0.5, 0.6) is 5.75 Å². The van der Waals surface area contributed by atoms with Crippen molar-refractivity contribution in [1.29, 1.82) is 0 Å². The second-order valence-electron chi connectivity index (χ2n) is 4.04. The van der Waals surface area contributed by atoms with Crippen LogP contribution in [-0.2, 0) is 6.61 Å². The Hall–Kier alpha value is -1.99. The van der Waals surface area contributed by atoms with Crippen molar-refractivity contribution in [3.05, 3.63) is 45.9 Å². The number of H-pyrrole nitrogens is 1. The van der Waals surface area contributed by atoms with Gasteiger partial charge in [0.1, 0.15) is 22.2 Å². The number of aromatic nitrogens is 3. The van der Waals surface area contributed by atoms with E-state index in [0.29, 0.717) is 12.5 Å². The molecule has 0 unspecified atom stereocenters. The predicted octanol–water partition coefficient (Wildman–Crippen LogP) is 3.74. The van der Waals surface area contributed by atoms with Crippen LogP contribution in [0.3, 0.4) is 0 Å². The molecule has 0 saturated carbocycles. The van der Waals surface area contributed by atoms with Crippen LogP contribution in [0.1, 0.15) is 10.7 Å². The molecule has 0 spiro atoms. The minimum absolute atomic E-state index is 0.259. The lowest BCUT2D eigenvalue weighted by Crippen LogP contribution is -1.94. The number of nitrogens with one attached hydrogen (secondary N) is 1. The molecule has 0 fully saturated rings. The van der Waals surface area contributed by atoms with E-state index in [1.807, 2.05) is 37.3 Å². The summed E-state index contributed by atoms with van der Waals surface area (Å²) in [6.07, 6.45) is 0. The number of para-hydroxylation sites is 1. The number of thiazole rings is 1. The molecular weight excluding hydrogens is 294 g/mol. The maximum absolute atomic E-state index is 5.67. The number of hydrogen-bond acceptors (Lipinski definition) is 6. The number of rotatable bonds is 4. The molecule has 5 nitrogen and oxygen atoms in total. The third-order valence-corrected chi connectivity index (χ3v) is 3.87. The van der Waals surface area contributed by atoms with Crippen molar-refractivity contribution in [2.24, 2.45) is 0 Å². The van der Waals surface area contributed by atoms with E-state index >= 15 is 0 Å². The number of ether oxygens (including phenoxy) is 1. The van der Waals surface area contributed by atoms with E-state index in [9.17, 15) is 0 Å². The van der Waals surface area contributed by atoms with Gasteiger partial charge in [-0.15, -0.1) is 16.4 Å². The van der Waals surface area contributed by atoms with Gasteiger partial charge in [0.2, 0.25) is 0 Å². The van der Waals surface area contributed by atoms with Crippen molar-refractivity contribution in [3.8, 4) is 16.5 Å². The van der Waals surface area contributed by atoms with Crippen LogP contribution in [0.2, 0.25) is 0 Å². The van der Waals surface area contributed by atoms with Crippen LogP contribution in [-0.4, -0.2) is 15.2 Å². The summed E-state index contributed by atoms with van der Waals surface area (Å²) in [7, 11) is 0. The highest BCUT2D eigenvalue weighted by molar-refractivity contribution is 7.71. The third kappa shape index (κ3) is 2.78. The van der Waals surface area contributed by atoms with Gasteiger partial charge >= 0.3 is 0 Å². The van der Waals surface area contributed by atoms with Crippen molar-refractivity contribution in [3.63, 3.8) is 0 Å². The van der Waals surface area contributed by atoms with E-state index in [4.69, 9.17) is 21.4 Å². The standard InChI is InChI=1S/C13H11N3O2S2/c1-8-11(12-15-16-13(19)18-12)20-10(14-8)7-17-9-5-3-2-4-6-9/h2-6H,7H2,1H3,(H,16,19). The van der Waals surface area contributed by atoms with Crippen molar-refractivity contribution in [2.45, 2.75) is 13.5 Å². The normalized spacial score (nSPS) is 10.7. The summed E-state index contributed by atoms with van der Waals surface area (Å²) in [6, 6.07) is 9.63. The topological polar surface area (TPSA) is 63.9 Å². The van der Waals surface area contributed by atoms with Gasteiger partial charge in [0.05, 0.1) is 5.69 Å². The molecule has 2 heterocycles. The molecule has 0 atom stereocenters. The lowest BCUT2D eigenvalue weighted by molar-refractivity contribution is 0.305. The Morgan fingerprint density at radius 1 is 1.35 bits per heavy atom. The first-order chi connectivity index (χ1) is 9.72. The van der Waals surface area contributed by atoms with E-state index in [1.54, 1.807) is 0 Å². The summed E-state index contributed by atoms with van der Waals surface area (Å²) < 4.78 is 11.0. The maximum Gasteiger partial charge on any atom is 0.284 e. The molecule has 0 aliphatic rings. The van der Waals surface area contributed by atoms with Gasteiger partial charge < -0.3 is 9.15 Å². The van der Waals surface area contributed by atoms with Gasteiger partial charge in [-0.2, -0.15) is 0 Å². The quantitative estimate of drug-likeness (QED) is 0.744. The van der Waals surface area contributed by atoms with Crippen LogP contribution in [0.4, 0.5) is 0 Å². The van der Waals surface area contributed by atoms with Crippen LogP contribution >= 0.6 is 23.6 Å². The number of aromatic amines is 1. The Morgan fingerprint density at radius 2 is 2.15 bits per heavy atom. The van der Waals surface area contributed by atoms with E-state index in [1.165, 1.54) is 11.3 Å². The van der Waals surface area contributed by atoms with E-state index in [2.05, 4.69) is 15.2 Å². The molecular formula is C13H11N3O2S2. The molecule has 7 heteroatoms. The molecule has 0 amide bonds. The second-order valence-corrected chi connectivity index (χ2v) is 5.50. The van der Waals surface area contributed by atoms with E-state index in [0.717, 1.165) is 21.3 Å². The smallest absolute Gasteiger partial charge is 0.284 e. The van der Waals surface area contributed by atoms with Gasteiger partial charge in [-0.1, -0.05) is 18.2 Å². The van der Waals surface area contributed by atoms with Gasteiger partial charge in [-0.05, 0) is 31.3 Å². The highest BCUT2D eigenvalue weighted by atomic mass is 32.1. The summed E-state index contributed by atoms with van der Waals surface area (Å²) in [5.74, 6) is 1.29. The number of benzene rings is 1. The fraction of sp³-hybridized carbons (Fsp3) is 0.154. The fourth-order valence-corrected chi connectivity index (χ4v) is 2.73. The Morgan fingerprint density at radius 3 is 2.85 bits per heavy atom. The monoisotopic (exact) mass is 305 g/mol. The van der Waals surface area contributed by atoms with Crippen molar-refractivity contribution >= 4 is 23.6 Å². The van der Waals surface area contributed by atoms with Gasteiger partial charge in [0.15, 0.2) is 0 Å². The van der Waals surface area contributed by atoms with E-state index < -0.39 is 0 Å². The molecule has 1 N–H and O–H groups in total. The molecule has 3 rings (SSSR count). The van der Waals surface area contributed by atoms with Crippen LogP contribution in [0.25, 0.3) is 10.8 Å². The SMILES string of the molecule is Cc1nc(COc2ccccc2)sc1-c1n[nH]c(=S)o1. The zero-order chi connectivity index (χ0) is 13.9. The third-order valence-electron chi connectivity index (χ3n) is 2.58. The number of nitrogens with zero attached hydrogens (tertiary/aromatic N) is 2. The first kappa shape index (κ1) is 13.0. The number of hydrogen-bond donors (Lipinski definition) is 1. The minimum Gasteiger partial charge on any atom is -0.486 e. The first-order valence-electron chi connectivity index (χ1n) is 5.92. The molecule has 0 aliphatic carbocycles. The average molecular weight is 305 g/mol. The molecule has 0 aliphatic heterocycles. The van der Waals surface area contributed by atoms with Crippen LogP contribution in [0.15, 0.2) is 34.7 Å². The van der Waals surface area contributed by atoms with Crippen molar-refractivity contribution in [2.75, 3.05) is 0 Å². The minimum atomic E-state index is 0.259. The Bertz CT molecular complexity index is 761. The summed E-state index contributed by atoms with van der Waals surface area (Å²) in [4.78, 5) is 5.58. The van der Waals surface area contributed by atoms with E-state index in [-0.39, 0.29) is 4.84 Å². The lowest BCUT2D eigenvalue weighted by atomic mass is 10.3. The highest BCUT2D eigenvalue weighted by Gasteiger charge is 2.14. The Balaban J connectivity index is 1.77. The number of aryl methyl sites for hydroxylation is 1. The highest BCUT2D eigenvalue weighted by Crippen LogP contribution is 2.29.